The van der Waals surface area contributed by atoms with Crippen molar-refractivity contribution in [2.75, 3.05) is 12.3 Å². The van der Waals surface area contributed by atoms with Gasteiger partial charge in [-0.3, -0.25) is 4.52 Å². The first-order valence-electron chi connectivity index (χ1n) is 12.0. The van der Waals surface area contributed by atoms with Gasteiger partial charge in [0.2, 0.25) is 0 Å². The molecule has 9 nitrogen and oxygen atoms in total. The number of ether oxygens (including phenoxy) is 1. The van der Waals surface area contributed by atoms with Crippen LogP contribution in [0.4, 0.5) is 19.0 Å². The molecule has 38 heavy (non-hydrogen) atoms. The predicted octanol–water partition coefficient (Wildman–Crippen LogP) is 5.84. The summed E-state index contributed by atoms with van der Waals surface area (Å²) in [5.41, 5.74) is 7.97. The third-order valence-electron chi connectivity index (χ3n) is 5.69. The van der Waals surface area contributed by atoms with Gasteiger partial charge in [0.05, 0.1) is 23.7 Å². The molecule has 0 saturated carbocycles. The average molecular weight is 552 g/mol. The molecule has 0 saturated heterocycles. The molecule has 0 amide bonds. The smallest absolute Gasteiger partial charge is 0.413 e. The number of para-hydroxylation sites is 2. The van der Waals surface area contributed by atoms with Crippen LogP contribution in [0.5, 0.6) is 5.75 Å². The van der Waals surface area contributed by atoms with Crippen LogP contribution in [0.25, 0.3) is 21.9 Å². The lowest BCUT2D eigenvalue weighted by Gasteiger charge is -2.27. The average Bonchev–Trinajstić information content (AvgIpc) is 3.21. The Morgan fingerprint density at radius 2 is 1.76 bits per heavy atom. The molecule has 2 heterocycles. The summed E-state index contributed by atoms with van der Waals surface area (Å²) >= 11 is 0. The fourth-order valence-corrected chi connectivity index (χ4v) is 5.66. The number of aromatic nitrogens is 3. The quantitative estimate of drug-likeness (QED) is 0.224. The number of fused-ring (bicyclic) bond motifs is 3. The molecule has 0 fully saturated rings. The molecule has 3 N–H and O–H groups in total. The van der Waals surface area contributed by atoms with Crippen molar-refractivity contribution in [1.82, 2.24) is 19.6 Å². The van der Waals surface area contributed by atoms with Gasteiger partial charge in [-0.2, -0.15) is 18.3 Å². The number of nitrogens with two attached hydrogens (primary N) is 1. The number of alkyl halides is 3. The molecule has 0 aliphatic rings. The summed E-state index contributed by atoms with van der Waals surface area (Å²) in [4.78, 5) is 9.06. The number of anilines is 1. The number of benzene rings is 2. The zero-order chi connectivity index (χ0) is 27.5. The zero-order valence-electron chi connectivity index (χ0n) is 21.1. The van der Waals surface area contributed by atoms with Crippen molar-refractivity contribution in [3.63, 3.8) is 0 Å². The van der Waals surface area contributed by atoms with Gasteiger partial charge in [0.25, 0.3) is 0 Å². The summed E-state index contributed by atoms with van der Waals surface area (Å²) in [5.74, 6) is 0.833. The van der Waals surface area contributed by atoms with E-state index < -0.39 is 26.1 Å². The van der Waals surface area contributed by atoms with Gasteiger partial charge in [-0.05, 0) is 39.0 Å². The third kappa shape index (κ3) is 6.27. The van der Waals surface area contributed by atoms with Gasteiger partial charge < -0.3 is 19.6 Å². The number of rotatable bonds is 11. The van der Waals surface area contributed by atoms with Crippen molar-refractivity contribution in [3.05, 3.63) is 60.4 Å². The Kier molecular flexibility index (Phi) is 8.27. The Morgan fingerprint density at radius 1 is 1.08 bits per heavy atom. The minimum Gasteiger partial charge on any atom is -0.413 e. The molecule has 0 unspecified atom stereocenters. The van der Waals surface area contributed by atoms with Crippen LogP contribution in [-0.4, -0.2) is 39.5 Å². The molecule has 0 aliphatic heterocycles. The van der Waals surface area contributed by atoms with E-state index in [-0.39, 0.29) is 24.7 Å². The van der Waals surface area contributed by atoms with E-state index >= 15 is 0 Å². The van der Waals surface area contributed by atoms with E-state index in [1.165, 1.54) is 12.1 Å². The molecule has 4 rings (SSSR count). The highest BCUT2D eigenvalue weighted by atomic mass is 31.2. The number of hydrogen-bond donors (Lipinski definition) is 2. The van der Waals surface area contributed by atoms with Crippen molar-refractivity contribution >= 4 is 35.5 Å². The van der Waals surface area contributed by atoms with E-state index in [0.29, 0.717) is 29.0 Å². The topological polar surface area (TPSA) is 114 Å². The first kappa shape index (κ1) is 27.8. The maximum absolute atomic E-state index is 13.6. The second-order valence-electron chi connectivity index (χ2n) is 8.70. The Hall–Kier alpha value is -3.18. The molecule has 204 valence electrons. The molecule has 13 heteroatoms. The lowest BCUT2D eigenvalue weighted by Crippen LogP contribution is -2.39. The minimum atomic E-state index is -4.67. The number of nitrogens with one attached hydrogen (secondary N) is 1. The van der Waals surface area contributed by atoms with E-state index in [4.69, 9.17) is 19.5 Å². The van der Waals surface area contributed by atoms with Crippen LogP contribution in [-0.2, 0) is 27.0 Å². The van der Waals surface area contributed by atoms with E-state index in [1.54, 1.807) is 29.7 Å². The van der Waals surface area contributed by atoms with Gasteiger partial charge in [-0.1, -0.05) is 36.4 Å². The molecule has 2 aromatic carbocycles. The van der Waals surface area contributed by atoms with Crippen LogP contribution in [0, 0.1) is 0 Å². The van der Waals surface area contributed by atoms with Crippen molar-refractivity contribution in [1.29, 1.82) is 0 Å². The molecule has 2 aromatic heterocycles. The molecule has 0 radical (unpaired) electrons. The molecule has 0 bridgehead atoms. The number of nitrogens with zero attached hydrogens (tertiary/aromatic N) is 3. The molecular weight excluding hydrogens is 522 g/mol. The maximum atomic E-state index is 13.6. The van der Waals surface area contributed by atoms with E-state index in [0.717, 1.165) is 12.3 Å². The highest BCUT2D eigenvalue weighted by Gasteiger charge is 2.43. The normalized spacial score (nSPS) is 15.4. The maximum Gasteiger partial charge on any atom is 0.459 e. The van der Waals surface area contributed by atoms with Gasteiger partial charge in [0.15, 0.2) is 5.82 Å². The standard InChI is InChI=1S/C25H29F3N5O4P/c1-4-35-15-21-31-22-23(19-12-8-9-13-20(19)30-24(22)29)33(21)14-16(2)36-38(34,32-17(3)25(26,27)28)37-18-10-6-5-7-11-18/h5-13,16-17H,4,14-15H2,1-3H3,(H2,29,30)(H,32,34)/t16-,17+,38+/m1/s1. The number of hydrogen-bond acceptors (Lipinski definition) is 7. The van der Waals surface area contributed by atoms with Crippen LogP contribution in [0.2, 0.25) is 0 Å². The van der Waals surface area contributed by atoms with Crippen molar-refractivity contribution in [3.8, 4) is 5.75 Å². The highest BCUT2D eigenvalue weighted by molar-refractivity contribution is 7.52. The molecule has 4 aromatic rings. The van der Waals surface area contributed by atoms with Gasteiger partial charge in [-0.15, -0.1) is 0 Å². The first-order chi connectivity index (χ1) is 18.0. The second kappa shape index (κ2) is 11.3. The summed E-state index contributed by atoms with van der Waals surface area (Å²) in [5, 5.41) is 2.79. The summed E-state index contributed by atoms with van der Waals surface area (Å²) in [7, 11) is -4.49. The second-order valence-corrected chi connectivity index (χ2v) is 10.3. The zero-order valence-corrected chi connectivity index (χ0v) is 22.0. The Morgan fingerprint density at radius 3 is 2.45 bits per heavy atom. The van der Waals surface area contributed by atoms with E-state index in [2.05, 4.69) is 9.97 Å². The largest absolute Gasteiger partial charge is 0.459 e. The van der Waals surface area contributed by atoms with Crippen LogP contribution < -0.4 is 15.3 Å². The van der Waals surface area contributed by atoms with E-state index in [9.17, 15) is 17.7 Å². The van der Waals surface area contributed by atoms with Crippen molar-refractivity contribution in [2.45, 2.75) is 52.2 Å². The fourth-order valence-electron chi connectivity index (χ4n) is 3.94. The van der Waals surface area contributed by atoms with E-state index in [1.807, 2.05) is 36.3 Å². The van der Waals surface area contributed by atoms with Crippen LogP contribution >= 0.6 is 7.75 Å². The lowest BCUT2D eigenvalue weighted by atomic mass is 10.2. The number of pyridine rings is 1. The van der Waals surface area contributed by atoms with Gasteiger partial charge >= 0.3 is 13.9 Å². The predicted molar refractivity (Wildman–Crippen MR) is 139 cm³/mol. The van der Waals surface area contributed by atoms with Gasteiger partial charge in [0.1, 0.15) is 29.7 Å². The summed E-state index contributed by atoms with van der Waals surface area (Å²) in [6.07, 6.45) is -5.56. The molecular formula is C25H29F3N5O4P. The Labute approximate surface area is 217 Å². The summed E-state index contributed by atoms with van der Waals surface area (Å²) < 4.78 is 72.3. The highest BCUT2D eigenvalue weighted by Crippen LogP contribution is 2.47. The molecule has 3 atom stereocenters. The molecule has 0 aliphatic carbocycles. The number of imidazole rings is 1. The van der Waals surface area contributed by atoms with Crippen molar-refractivity contribution in [2.24, 2.45) is 0 Å². The molecule has 0 spiro atoms. The SMILES string of the molecule is CCOCc1nc2c(N)nc3ccccc3c2n1C[C@@H](C)O[P@@](=O)(N[C@@H](C)C(F)(F)F)Oc1ccccc1. The Balaban J connectivity index is 1.71. The first-order valence-corrected chi connectivity index (χ1v) is 13.5. The fraction of sp³-hybridized carbons (Fsp3) is 0.360. The van der Waals surface area contributed by atoms with Gasteiger partial charge in [0, 0.05) is 12.0 Å². The lowest BCUT2D eigenvalue weighted by molar-refractivity contribution is -0.148. The number of nitrogen functional groups attached to an aromatic ring is 1. The van der Waals surface area contributed by atoms with Gasteiger partial charge in [-0.25, -0.2) is 14.5 Å². The van der Waals surface area contributed by atoms with Crippen molar-refractivity contribution < 1.29 is 31.5 Å². The van der Waals surface area contributed by atoms with Crippen LogP contribution in [0.3, 0.4) is 0 Å². The van der Waals surface area contributed by atoms with Crippen LogP contribution in [0.15, 0.2) is 54.6 Å². The summed E-state index contributed by atoms with van der Waals surface area (Å²) in [6.45, 7) is 4.92. The monoisotopic (exact) mass is 551 g/mol. The Bertz CT molecular complexity index is 1450. The van der Waals surface area contributed by atoms with Crippen LogP contribution in [0.1, 0.15) is 26.6 Å². The summed E-state index contributed by atoms with van der Waals surface area (Å²) in [6, 6.07) is 13.1. The third-order valence-corrected chi connectivity index (χ3v) is 7.49. The minimum absolute atomic E-state index is 0.0660. The number of halogens is 3.